The van der Waals surface area contributed by atoms with Gasteiger partial charge in [0.2, 0.25) is 10.0 Å². The summed E-state index contributed by atoms with van der Waals surface area (Å²) in [5, 5.41) is 0.543. The molecular weight excluding hydrogens is 386 g/mol. The lowest BCUT2D eigenvalue weighted by atomic mass is 10.1. The standard InChI is InChI=1S/C20H22ClNO4S/c1-13-5-11-16(12-6-13)27(24,25)22-17(14-7-9-15(21)10-8-14)18(22)19(23)26-20(2,3)4/h5-12,17-18H,1-4H3/t17-,18+,22?/m1/s1. The molecule has 1 aliphatic heterocycles. The van der Waals surface area contributed by atoms with E-state index in [2.05, 4.69) is 0 Å². The topological polar surface area (TPSA) is 63.5 Å². The number of benzene rings is 2. The largest absolute Gasteiger partial charge is 0.459 e. The predicted molar refractivity (Wildman–Crippen MR) is 104 cm³/mol. The smallest absolute Gasteiger partial charge is 0.327 e. The van der Waals surface area contributed by atoms with Crippen molar-refractivity contribution in [2.75, 3.05) is 0 Å². The first-order valence-corrected chi connectivity index (χ1v) is 10.4. The van der Waals surface area contributed by atoms with Crippen molar-refractivity contribution in [2.45, 2.75) is 50.3 Å². The van der Waals surface area contributed by atoms with Crippen molar-refractivity contribution in [1.82, 2.24) is 4.31 Å². The molecule has 2 aromatic carbocycles. The van der Waals surface area contributed by atoms with Crippen LogP contribution in [0, 0.1) is 6.92 Å². The van der Waals surface area contributed by atoms with Crippen LogP contribution in [-0.4, -0.2) is 30.3 Å². The van der Waals surface area contributed by atoms with E-state index in [0.717, 1.165) is 5.56 Å². The minimum absolute atomic E-state index is 0.151. The zero-order valence-corrected chi connectivity index (χ0v) is 17.2. The summed E-state index contributed by atoms with van der Waals surface area (Å²) < 4.78 is 32.9. The molecule has 7 heteroatoms. The molecule has 0 spiro atoms. The Bertz CT molecular complexity index is 947. The molecule has 1 aliphatic rings. The first-order valence-electron chi connectivity index (χ1n) is 8.59. The highest BCUT2D eigenvalue weighted by Gasteiger charge is 2.61. The van der Waals surface area contributed by atoms with E-state index in [9.17, 15) is 13.2 Å². The lowest BCUT2D eigenvalue weighted by Gasteiger charge is -2.19. The minimum Gasteiger partial charge on any atom is -0.459 e. The summed E-state index contributed by atoms with van der Waals surface area (Å²) in [6, 6.07) is 11.9. The van der Waals surface area contributed by atoms with Crippen LogP contribution >= 0.6 is 11.6 Å². The number of esters is 1. The van der Waals surface area contributed by atoms with Gasteiger partial charge in [-0.1, -0.05) is 41.4 Å². The van der Waals surface area contributed by atoms with Crippen molar-refractivity contribution >= 4 is 27.6 Å². The summed E-state index contributed by atoms with van der Waals surface area (Å²) in [5.74, 6) is -0.557. The SMILES string of the molecule is Cc1ccc(S(=O)(=O)N2[C@H](C(=O)OC(C)(C)C)[C@H]2c2ccc(Cl)cc2)cc1. The lowest BCUT2D eigenvalue weighted by Crippen LogP contribution is -2.29. The number of ether oxygens (including phenoxy) is 1. The molecule has 3 rings (SSSR count). The number of hydrogen-bond donors (Lipinski definition) is 0. The van der Waals surface area contributed by atoms with Crippen molar-refractivity contribution < 1.29 is 17.9 Å². The number of aryl methyl sites for hydroxylation is 1. The van der Waals surface area contributed by atoms with E-state index in [1.54, 1.807) is 69.3 Å². The van der Waals surface area contributed by atoms with Crippen LogP contribution in [0.15, 0.2) is 53.4 Å². The third-order valence-electron chi connectivity index (χ3n) is 4.21. The molecule has 27 heavy (non-hydrogen) atoms. The molecule has 1 unspecified atom stereocenters. The molecule has 2 aromatic rings. The first-order chi connectivity index (χ1) is 12.5. The lowest BCUT2D eigenvalue weighted by molar-refractivity contribution is -0.154. The molecule has 0 aromatic heterocycles. The number of carbonyl (C=O) groups excluding carboxylic acids is 1. The van der Waals surface area contributed by atoms with E-state index in [1.165, 1.54) is 4.31 Å². The van der Waals surface area contributed by atoms with Crippen LogP contribution in [0.5, 0.6) is 0 Å². The molecule has 1 fully saturated rings. The molecule has 0 aliphatic carbocycles. The number of nitrogens with zero attached hydrogens (tertiary/aromatic N) is 1. The van der Waals surface area contributed by atoms with Crippen LogP contribution in [0.1, 0.15) is 37.9 Å². The summed E-state index contributed by atoms with van der Waals surface area (Å²) in [7, 11) is -3.84. The number of carbonyl (C=O) groups is 1. The van der Waals surface area contributed by atoms with Gasteiger partial charge in [0.15, 0.2) is 0 Å². The number of rotatable bonds is 4. The average Bonchev–Trinajstić information content (AvgIpc) is 3.31. The Balaban J connectivity index is 1.98. The van der Waals surface area contributed by atoms with E-state index < -0.39 is 33.7 Å². The van der Waals surface area contributed by atoms with Gasteiger partial charge in [-0.2, -0.15) is 4.31 Å². The predicted octanol–water partition coefficient (Wildman–Crippen LogP) is 4.10. The zero-order valence-electron chi connectivity index (χ0n) is 15.6. The highest BCUT2D eigenvalue weighted by Crippen LogP contribution is 2.48. The molecule has 0 N–H and O–H groups in total. The zero-order chi connectivity index (χ0) is 20.0. The molecule has 5 nitrogen and oxygen atoms in total. The molecular formula is C20H22ClNO4S. The number of hydrogen-bond acceptors (Lipinski definition) is 4. The third kappa shape index (κ3) is 4.18. The summed E-state index contributed by atoms with van der Waals surface area (Å²) in [4.78, 5) is 12.8. The van der Waals surface area contributed by atoms with Gasteiger partial charge in [0.1, 0.15) is 11.6 Å². The molecule has 0 amide bonds. The minimum atomic E-state index is -3.84. The van der Waals surface area contributed by atoms with Gasteiger partial charge in [-0.05, 0) is 57.5 Å². The molecule has 3 atom stereocenters. The van der Waals surface area contributed by atoms with Crippen LogP contribution in [0.25, 0.3) is 0 Å². The van der Waals surface area contributed by atoms with E-state index in [4.69, 9.17) is 16.3 Å². The second-order valence-electron chi connectivity index (χ2n) is 7.62. The second-order valence-corrected chi connectivity index (χ2v) is 9.90. The van der Waals surface area contributed by atoms with Crippen LogP contribution < -0.4 is 0 Å². The van der Waals surface area contributed by atoms with Crippen molar-refractivity contribution in [3.8, 4) is 0 Å². The monoisotopic (exact) mass is 407 g/mol. The fourth-order valence-corrected chi connectivity index (χ4v) is 4.76. The van der Waals surface area contributed by atoms with Gasteiger partial charge in [-0.3, -0.25) is 4.79 Å². The number of halogens is 1. The Labute approximate surface area is 165 Å². The highest BCUT2D eigenvalue weighted by molar-refractivity contribution is 7.89. The Hall–Kier alpha value is -1.89. The normalized spacial score (nSPS) is 22.3. The van der Waals surface area contributed by atoms with Crippen LogP contribution in [-0.2, 0) is 19.6 Å². The third-order valence-corrected chi connectivity index (χ3v) is 6.34. The molecule has 0 bridgehead atoms. The van der Waals surface area contributed by atoms with E-state index in [1.807, 2.05) is 6.92 Å². The fraction of sp³-hybridized carbons (Fsp3) is 0.350. The van der Waals surface area contributed by atoms with Crippen molar-refractivity contribution in [2.24, 2.45) is 0 Å². The molecule has 0 saturated carbocycles. The van der Waals surface area contributed by atoms with Crippen molar-refractivity contribution in [1.29, 1.82) is 0 Å². The van der Waals surface area contributed by atoms with Gasteiger partial charge in [0, 0.05) is 5.02 Å². The Kier molecular flexibility index (Phi) is 5.10. The second kappa shape index (κ2) is 6.93. The fourth-order valence-electron chi connectivity index (χ4n) is 2.93. The van der Waals surface area contributed by atoms with Crippen LogP contribution in [0.4, 0.5) is 0 Å². The maximum Gasteiger partial charge on any atom is 0.327 e. The Morgan fingerprint density at radius 3 is 2.11 bits per heavy atom. The van der Waals surface area contributed by atoms with Crippen molar-refractivity contribution in [3.05, 3.63) is 64.7 Å². The maximum atomic E-state index is 13.1. The van der Waals surface area contributed by atoms with Crippen LogP contribution in [0.3, 0.4) is 0 Å². The highest BCUT2D eigenvalue weighted by atomic mass is 35.5. The quantitative estimate of drug-likeness (QED) is 0.565. The Morgan fingerprint density at radius 2 is 1.59 bits per heavy atom. The maximum absolute atomic E-state index is 13.1. The molecule has 1 heterocycles. The summed E-state index contributed by atoms with van der Waals surface area (Å²) >= 11 is 5.94. The van der Waals surface area contributed by atoms with Crippen molar-refractivity contribution in [3.63, 3.8) is 0 Å². The van der Waals surface area contributed by atoms with E-state index in [-0.39, 0.29) is 4.90 Å². The summed E-state index contributed by atoms with van der Waals surface area (Å²) in [6.45, 7) is 7.14. The average molecular weight is 408 g/mol. The van der Waals surface area contributed by atoms with Gasteiger partial charge in [-0.25, -0.2) is 8.42 Å². The van der Waals surface area contributed by atoms with Crippen LogP contribution in [0.2, 0.25) is 5.02 Å². The van der Waals surface area contributed by atoms with E-state index in [0.29, 0.717) is 10.6 Å². The summed E-state index contributed by atoms with van der Waals surface area (Å²) in [6.07, 6.45) is 0. The molecule has 144 valence electrons. The van der Waals surface area contributed by atoms with Gasteiger partial charge < -0.3 is 4.74 Å². The van der Waals surface area contributed by atoms with E-state index >= 15 is 0 Å². The first kappa shape index (κ1) is 19.9. The van der Waals surface area contributed by atoms with Gasteiger partial charge in [0.05, 0.1) is 10.9 Å². The molecule has 0 radical (unpaired) electrons. The van der Waals surface area contributed by atoms with Gasteiger partial charge in [-0.15, -0.1) is 0 Å². The molecule has 1 saturated heterocycles. The number of sulfonamides is 1. The van der Waals surface area contributed by atoms with Gasteiger partial charge in [0.25, 0.3) is 0 Å². The van der Waals surface area contributed by atoms with Gasteiger partial charge >= 0.3 is 5.97 Å². The summed E-state index contributed by atoms with van der Waals surface area (Å²) in [5.41, 5.74) is 0.951. The Morgan fingerprint density at radius 1 is 1.04 bits per heavy atom.